The van der Waals surface area contributed by atoms with Gasteiger partial charge in [-0.1, -0.05) is 12.1 Å². The van der Waals surface area contributed by atoms with Gasteiger partial charge in [-0.05, 0) is 31.7 Å². The predicted octanol–water partition coefficient (Wildman–Crippen LogP) is 1.76. The zero-order valence-electron chi connectivity index (χ0n) is 12.3. The summed E-state index contributed by atoms with van der Waals surface area (Å²) >= 11 is 0. The van der Waals surface area contributed by atoms with Crippen LogP contribution in [0.4, 0.5) is 18.9 Å². The molecule has 22 heavy (non-hydrogen) atoms. The Balaban J connectivity index is 2.80. The Morgan fingerprint density at radius 3 is 2.50 bits per heavy atom. The molecular weight excluding hydrogens is 299 g/mol. The van der Waals surface area contributed by atoms with Crippen LogP contribution in [0.2, 0.25) is 0 Å². The lowest BCUT2D eigenvalue weighted by atomic mass is 10.2. The van der Waals surface area contributed by atoms with Gasteiger partial charge >= 0.3 is 12.1 Å². The molecule has 0 aromatic heterocycles. The summed E-state index contributed by atoms with van der Waals surface area (Å²) in [5.41, 5.74) is 0.968. The molecule has 0 saturated carbocycles. The number of benzene rings is 1. The van der Waals surface area contributed by atoms with E-state index in [4.69, 9.17) is 0 Å². The average Bonchev–Trinajstić information content (AvgIpc) is 2.43. The van der Waals surface area contributed by atoms with Crippen molar-refractivity contribution in [2.24, 2.45) is 0 Å². The Kier molecular flexibility index (Phi) is 6.36. The highest BCUT2D eigenvalue weighted by atomic mass is 19.4. The maximum atomic E-state index is 12.5. The highest BCUT2D eigenvalue weighted by Crippen LogP contribution is 2.20. The van der Waals surface area contributed by atoms with Crippen LogP contribution in [0.5, 0.6) is 0 Å². The van der Waals surface area contributed by atoms with Crippen molar-refractivity contribution in [1.29, 1.82) is 0 Å². The second kappa shape index (κ2) is 7.79. The molecule has 0 spiro atoms. The molecule has 0 aliphatic heterocycles. The van der Waals surface area contributed by atoms with Gasteiger partial charge in [0.1, 0.15) is 0 Å². The first-order chi connectivity index (χ1) is 10.3. The highest BCUT2D eigenvalue weighted by Gasteiger charge is 2.41. The number of carbonyl (C=O) groups is 2. The third-order valence-electron chi connectivity index (χ3n) is 2.83. The number of nitrogens with zero attached hydrogens (tertiary/aromatic N) is 1. The lowest BCUT2D eigenvalue weighted by Crippen LogP contribution is -2.40. The third kappa shape index (κ3) is 5.36. The van der Waals surface area contributed by atoms with Crippen LogP contribution in [0.15, 0.2) is 24.3 Å². The van der Waals surface area contributed by atoms with Crippen LogP contribution in [0.3, 0.4) is 0 Å². The van der Waals surface area contributed by atoms with Crippen molar-refractivity contribution >= 4 is 17.5 Å². The Morgan fingerprint density at radius 2 is 1.95 bits per heavy atom. The van der Waals surface area contributed by atoms with E-state index < -0.39 is 12.1 Å². The standard InChI is InChI=1S/C14H18F3N3O2/c1-3-20(13(22)14(15,16)17)9-10-5-4-6-11(7-10)19-12(21)8-18-2/h4-7,18H,3,8-9H2,1-2H3,(H,19,21). The molecule has 2 N–H and O–H groups in total. The SMILES string of the molecule is CCN(Cc1cccc(NC(=O)CNC)c1)C(=O)C(F)(F)F. The summed E-state index contributed by atoms with van der Waals surface area (Å²) in [6, 6.07) is 6.37. The van der Waals surface area contributed by atoms with Gasteiger partial charge in [0.2, 0.25) is 5.91 Å². The Bertz CT molecular complexity index is 532. The minimum absolute atomic E-state index is 0.0608. The molecule has 1 rings (SSSR count). The lowest BCUT2D eigenvalue weighted by molar-refractivity contribution is -0.185. The fraction of sp³-hybridized carbons (Fsp3) is 0.429. The van der Waals surface area contributed by atoms with Crippen molar-refractivity contribution in [2.45, 2.75) is 19.6 Å². The van der Waals surface area contributed by atoms with Crippen LogP contribution in [-0.2, 0) is 16.1 Å². The van der Waals surface area contributed by atoms with Crippen molar-refractivity contribution < 1.29 is 22.8 Å². The van der Waals surface area contributed by atoms with Gasteiger partial charge in [0, 0.05) is 18.8 Å². The van der Waals surface area contributed by atoms with Crippen molar-refractivity contribution in [1.82, 2.24) is 10.2 Å². The average molecular weight is 317 g/mol. The summed E-state index contributed by atoms with van der Waals surface area (Å²) in [6.07, 6.45) is -4.89. The second-order valence-electron chi connectivity index (χ2n) is 4.60. The maximum Gasteiger partial charge on any atom is 0.471 e. The lowest BCUT2D eigenvalue weighted by Gasteiger charge is -2.22. The van der Waals surface area contributed by atoms with Crippen LogP contribution < -0.4 is 10.6 Å². The number of nitrogens with one attached hydrogen (secondary N) is 2. The summed E-state index contributed by atoms with van der Waals surface area (Å²) in [6.45, 7) is 1.36. The normalized spacial score (nSPS) is 11.1. The van der Waals surface area contributed by atoms with E-state index in [1.54, 1.807) is 31.3 Å². The monoisotopic (exact) mass is 317 g/mol. The van der Waals surface area contributed by atoms with Crippen LogP contribution in [0, 0.1) is 0 Å². The summed E-state index contributed by atoms with van der Waals surface area (Å²) in [4.78, 5) is 23.4. The van der Waals surface area contributed by atoms with E-state index in [1.165, 1.54) is 6.92 Å². The number of anilines is 1. The van der Waals surface area contributed by atoms with Gasteiger partial charge < -0.3 is 15.5 Å². The van der Waals surface area contributed by atoms with Crippen LogP contribution in [0.25, 0.3) is 0 Å². The molecule has 2 amide bonds. The largest absolute Gasteiger partial charge is 0.471 e. The van der Waals surface area contributed by atoms with E-state index in [1.807, 2.05) is 0 Å². The Hall–Kier alpha value is -2.09. The molecule has 0 bridgehead atoms. The zero-order valence-corrected chi connectivity index (χ0v) is 12.3. The predicted molar refractivity (Wildman–Crippen MR) is 76.1 cm³/mol. The quantitative estimate of drug-likeness (QED) is 0.840. The number of likely N-dealkylation sites (N-methyl/N-ethyl adjacent to an activating group) is 1. The van der Waals surface area contributed by atoms with Gasteiger partial charge in [-0.25, -0.2) is 0 Å². The molecule has 0 aliphatic rings. The van der Waals surface area contributed by atoms with E-state index in [0.29, 0.717) is 16.2 Å². The zero-order chi connectivity index (χ0) is 16.8. The second-order valence-corrected chi connectivity index (χ2v) is 4.60. The van der Waals surface area contributed by atoms with E-state index >= 15 is 0 Å². The summed E-state index contributed by atoms with van der Waals surface area (Å²) in [7, 11) is 1.62. The molecule has 0 saturated heterocycles. The van der Waals surface area contributed by atoms with E-state index in [0.717, 1.165) is 0 Å². The number of carbonyl (C=O) groups excluding carboxylic acids is 2. The molecule has 0 atom stereocenters. The van der Waals surface area contributed by atoms with Gasteiger partial charge in [0.15, 0.2) is 0 Å². The minimum atomic E-state index is -4.89. The van der Waals surface area contributed by atoms with Crippen LogP contribution in [-0.4, -0.2) is 43.0 Å². The molecule has 0 fully saturated rings. The smallest absolute Gasteiger partial charge is 0.331 e. The van der Waals surface area contributed by atoms with E-state index in [9.17, 15) is 22.8 Å². The maximum absolute atomic E-state index is 12.5. The van der Waals surface area contributed by atoms with Gasteiger partial charge in [-0.15, -0.1) is 0 Å². The first kappa shape index (κ1) is 18.0. The fourth-order valence-electron chi connectivity index (χ4n) is 1.84. The summed E-state index contributed by atoms with van der Waals surface area (Å²) < 4.78 is 37.4. The minimum Gasteiger partial charge on any atom is -0.331 e. The topological polar surface area (TPSA) is 61.4 Å². The molecule has 8 heteroatoms. The Morgan fingerprint density at radius 1 is 1.27 bits per heavy atom. The van der Waals surface area contributed by atoms with Crippen LogP contribution in [0.1, 0.15) is 12.5 Å². The molecule has 0 aliphatic carbocycles. The first-order valence-electron chi connectivity index (χ1n) is 6.67. The highest BCUT2D eigenvalue weighted by molar-refractivity contribution is 5.92. The molecule has 1 aromatic carbocycles. The number of alkyl halides is 3. The van der Waals surface area contributed by atoms with Gasteiger partial charge in [-0.3, -0.25) is 9.59 Å². The van der Waals surface area contributed by atoms with Crippen molar-refractivity contribution in [3.63, 3.8) is 0 Å². The van der Waals surface area contributed by atoms with Crippen molar-refractivity contribution in [2.75, 3.05) is 25.5 Å². The number of halogens is 3. The van der Waals surface area contributed by atoms with E-state index in [-0.39, 0.29) is 25.5 Å². The number of hydrogen-bond acceptors (Lipinski definition) is 3. The fourth-order valence-corrected chi connectivity index (χ4v) is 1.84. The molecule has 1 aromatic rings. The summed E-state index contributed by atoms with van der Waals surface area (Å²) in [5, 5.41) is 5.29. The number of rotatable bonds is 6. The molecule has 5 nitrogen and oxygen atoms in total. The molecule has 0 unspecified atom stereocenters. The summed E-state index contributed by atoms with van der Waals surface area (Å²) in [5.74, 6) is -2.14. The van der Waals surface area contributed by atoms with Crippen molar-refractivity contribution in [3.8, 4) is 0 Å². The molecular formula is C14H18F3N3O2. The molecule has 0 heterocycles. The van der Waals surface area contributed by atoms with Crippen molar-refractivity contribution in [3.05, 3.63) is 29.8 Å². The number of amides is 2. The molecule has 122 valence electrons. The van der Waals surface area contributed by atoms with Gasteiger partial charge in [0.25, 0.3) is 0 Å². The van der Waals surface area contributed by atoms with Gasteiger partial charge in [0.05, 0.1) is 6.54 Å². The first-order valence-corrected chi connectivity index (χ1v) is 6.67. The van der Waals surface area contributed by atoms with Crippen LogP contribution >= 0.6 is 0 Å². The molecule has 0 radical (unpaired) electrons. The Labute approximate surface area is 126 Å². The van der Waals surface area contributed by atoms with Gasteiger partial charge in [-0.2, -0.15) is 13.2 Å². The number of hydrogen-bond donors (Lipinski definition) is 2. The third-order valence-corrected chi connectivity index (χ3v) is 2.83. The van der Waals surface area contributed by atoms with E-state index in [2.05, 4.69) is 10.6 Å².